The maximum absolute atomic E-state index is 12.6. The molecule has 3 N–H and O–H groups in total. The normalized spacial score (nSPS) is 22.5. The third-order valence-electron chi connectivity index (χ3n) is 5.45. The molecular weight excluding hydrogens is 314 g/mol. The second-order valence-corrected chi connectivity index (χ2v) is 7.48. The van der Waals surface area contributed by atoms with E-state index in [9.17, 15) is 9.59 Å². The average molecular weight is 343 g/mol. The van der Waals surface area contributed by atoms with Crippen LogP contribution in [0.4, 0.5) is 0 Å². The molecule has 3 rings (SSSR count). The molecule has 1 aromatic carbocycles. The first kappa shape index (κ1) is 17.9. The number of piperidine rings is 1. The van der Waals surface area contributed by atoms with Crippen LogP contribution in [0.1, 0.15) is 60.9 Å². The first-order valence-corrected chi connectivity index (χ1v) is 9.53. The molecule has 0 spiro atoms. The minimum absolute atomic E-state index is 0.0787. The summed E-state index contributed by atoms with van der Waals surface area (Å²) in [6.45, 7) is 2.54. The van der Waals surface area contributed by atoms with Crippen molar-refractivity contribution in [2.75, 3.05) is 13.1 Å². The van der Waals surface area contributed by atoms with Crippen LogP contribution in [0.2, 0.25) is 0 Å². The maximum atomic E-state index is 12.6. The van der Waals surface area contributed by atoms with E-state index in [-0.39, 0.29) is 11.8 Å². The van der Waals surface area contributed by atoms with Crippen LogP contribution < -0.4 is 11.1 Å². The highest BCUT2D eigenvalue weighted by molar-refractivity contribution is 5.92. The average Bonchev–Trinajstić information content (AvgIpc) is 2.63. The number of hydrogen-bond acceptors (Lipinski definition) is 3. The van der Waals surface area contributed by atoms with E-state index in [1.165, 1.54) is 19.3 Å². The third-order valence-corrected chi connectivity index (χ3v) is 5.45. The van der Waals surface area contributed by atoms with Gasteiger partial charge in [0.15, 0.2) is 0 Å². The topological polar surface area (TPSA) is 75.4 Å². The highest BCUT2D eigenvalue weighted by Crippen LogP contribution is 2.22. The van der Waals surface area contributed by atoms with E-state index in [0.29, 0.717) is 11.6 Å². The fourth-order valence-electron chi connectivity index (χ4n) is 4.06. The van der Waals surface area contributed by atoms with Gasteiger partial charge in [0.25, 0.3) is 0 Å². The molecule has 136 valence electrons. The summed E-state index contributed by atoms with van der Waals surface area (Å²) in [5, 5.41) is 3.27. The Morgan fingerprint density at radius 3 is 2.68 bits per heavy atom. The van der Waals surface area contributed by atoms with Crippen molar-refractivity contribution in [2.45, 2.75) is 57.5 Å². The van der Waals surface area contributed by atoms with Crippen LogP contribution in [-0.4, -0.2) is 35.8 Å². The van der Waals surface area contributed by atoms with Crippen molar-refractivity contribution >= 4 is 11.8 Å². The second-order valence-electron chi connectivity index (χ2n) is 7.48. The molecule has 0 bridgehead atoms. The Morgan fingerprint density at radius 1 is 1.12 bits per heavy atom. The van der Waals surface area contributed by atoms with Gasteiger partial charge >= 0.3 is 0 Å². The molecular formula is C20H29N3O2. The fourth-order valence-corrected chi connectivity index (χ4v) is 4.06. The Hall–Kier alpha value is -1.88. The number of amides is 2. The minimum atomic E-state index is -0.398. The van der Waals surface area contributed by atoms with Gasteiger partial charge in [-0.05, 0) is 49.9 Å². The SMILES string of the molecule is NC(=O)c1cccc(CN2CCC[C@H](C(=O)NC3CCCCC3)C2)c1. The largest absolute Gasteiger partial charge is 0.366 e. The van der Waals surface area contributed by atoms with E-state index >= 15 is 0 Å². The summed E-state index contributed by atoms with van der Waals surface area (Å²) in [6, 6.07) is 7.85. The molecule has 1 aliphatic heterocycles. The van der Waals surface area contributed by atoms with Gasteiger partial charge in [-0.2, -0.15) is 0 Å². The van der Waals surface area contributed by atoms with Gasteiger partial charge in [-0.15, -0.1) is 0 Å². The number of nitrogens with zero attached hydrogens (tertiary/aromatic N) is 1. The predicted molar refractivity (Wildman–Crippen MR) is 98.0 cm³/mol. The molecule has 2 fully saturated rings. The molecule has 1 aliphatic carbocycles. The van der Waals surface area contributed by atoms with E-state index in [1.807, 2.05) is 18.2 Å². The number of nitrogens with one attached hydrogen (secondary N) is 1. The number of nitrogens with two attached hydrogens (primary N) is 1. The molecule has 2 aliphatic rings. The van der Waals surface area contributed by atoms with Crippen LogP contribution in [0.15, 0.2) is 24.3 Å². The lowest BCUT2D eigenvalue weighted by Crippen LogP contribution is -2.46. The summed E-state index contributed by atoms with van der Waals surface area (Å²) in [6.07, 6.45) is 8.03. The van der Waals surface area contributed by atoms with E-state index in [2.05, 4.69) is 10.2 Å². The van der Waals surface area contributed by atoms with Gasteiger partial charge in [0.2, 0.25) is 11.8 Å². The molecule has 0 unspecified atom stereocenters. The van der Waals surface area contributed by atoms with Crippen LogP contribution in [0.3, 0.4) is 0 Å². The van der Waals surface area contributed by atoms with Crippen molar-refractivity contribution < 1.29 is 9.59 Å². The van der Waals surface area contributed by atoms with Crippen molar-refractivity contribution in [3.05, 3.63) is 35.4 Å². The summed E-state index contributed by atoms with van der Waals surface area (Å²) in [5.41, 5.74) is 6.98. The number of rotatable bonds is 5. The van der Waals surface area contributed by atoms with Crippen molar-refractivity contribution in [3.63, 3.8) is 0 Å². The zero-order chi connectivity index (χ0) is 17.6. The summed E-state index contributed by atoms with van der Waals surface area (Å²) < 4.78 is 0. The van der Waals surface area contributed by atoms with Crippen LogP contribution >= 0.6 is 0 Å². The maximum Gasteiger partial charge on any atom is 0.248 e. The molecule has 1 saturated heterocycles. The lowest BCUT2D eigenvalue weighted by Gasteiger charge is -2.33. The summed E-state index contributed by atoms with van der Waals surface area (Å²) in [7, 11) is 0. The zero-order valence-electron chi connectivity index (χ0n) is 14.9. The number of benzene rings is 1. The van der Waals surface area contributed by atoms with Gasteiger partial charge in [0.05, 0.1) is 5.92 Å². The Balaban J connectivity index is 1.54. The summed E-state index contributed by atoms with van der Waals surface area (Å²) in [5.74, 6) is -0.0947. The monoisotopic (exact) mass is 343 g/mol. The van der Waals surface area contributed by atoms with Crippen LogP contribution in [0.5, 0.6) is 0 Å². The van der Waals surface area contributed by atoms with Crippen LogP contribution in [-0.2, 0) is 11.3 Å². The van der Waals surface area contributed by atoms with Crippen molar-refractivity contribution in [1.82, 2.24) is 10.2 Å². The van der Waals surface area contributed by atoms with Gasteiger partial charge in [-0.3, -0.25) is 14.5 Å². The molecule has 1 aromatic rings. The Morgan fingerprint density at radius 2 is 1.92 bits per heavy atom. The Bertz CT molecular complexity index is 611. The van der Waals surface area contributed by atoms with Gasteiger partial charge in [0.1, 0.15) is 0 Å². The Labute approximate surface area is 150 Å². The second kappa shape index (κ2) is 8.48. The highest BCUT2D eigenvalue weighted by atomic mass is 16.2. The van der Waals surface area contributed by atoms with E-state index in [1.54, 1.807) is 6.07 Å². The third kappa shape index (κ3) is 5.05. The van der Waals surface area contributed by atoms with Crippen LogP contribution in [0.25, 0.3) is 0 Å². The number of carbonyl (C=O) groups excluding carboxylic acids is 2. The van der Waals surface area contributed by atoms with E-state index < -0.39 is 5.91 Å². The molecule has 5 nitrogen and oxygen atoms in total. The highest BCUT2D eigenvalue weighted by Gasteiger charge is 2.27. The summed E-state index contributed by atoms with van der Waals surface area (Å²) >= 11 is 0. The van der Waals surface area contributed by atoms with E-state index in [4.69, 9.17) is 5.73 Å². The number of hydrogen-bond donors (Lipinski definition) is 2. The smallest absolute Gasteiger partial charge is 0.248 e. The van der Waals surface area contributed by atoms with E-state index in [0.717, 1.165) is 50.9 Å². The molecule has 2 amide bonds. The molecule has 0 radical (unpaired) electrons. The standard InChI is InChI=1S/C20H29N3O2/c21-19(24)16-7-4-6-15(12-16)13-23-11-5-8-17(14-23)20(25)22-18-9-2-1-3-10-18/h4,6-7,12,17-18H,1-3,5,8-11,13-14H2,(H2,21,24)(H,22,25)/t17-/m0/s1. The van der Waals surface area contributed by atoms with Crippen molar-refractivity contribution in [3.8, 4) is 0 Å². The number of carbonyl (C=O) groups is 2. The first-order valence-electron chi connectivity index (χ1n) is 9.53. The molecule has 25 heavy (non-hydrogen) atoms. The summed E-state index contributed by atoms with van der Waals surface area (Å²) in [4.78, 5) is 26.3. The lowest BCUT2D eigenvalue weighted by atomic mass is 9.93. The quantitative estimate of drug-likeness (QED) is 0.862. The van der Waals surface area contributed by atoms with Crippen molar-refractivity contribution in [2.24, 2.45) is 11.7 Å². The molecule has 1 atom stereocenters. The van der Waals surface area contributed by atoms with Crippen LogP contribution in [0, 0.1) is 5.92 Å². The fraction of sp³-hybridized carbons (Fsp3) is 0.600. The van der Waals surface area contributed by atoms with Gasteiger partial charge in [0, 0.05) is 24.7 Å². The molecule has 1 saturated carbocycles. The number of likely N-dealkylation sites (tertiary alicyclic amines) is 1. The van der Waals surface area contributed by atoms with Crippen molar-refractivity contribution in [1.29, 1.82) is 0 Å². The molecule has 1 heterocycles. The Kier molecular flexibility index (Phi) is 6.08. The first-order chi connectivity index (χ1) is 12.1. The van der Waals surface area contributed by atoms with Gasteiger partial charge in [-0.25, -0.2) is 0 Å². The van der Waals surface area contributed by atoms with Gasteiger partial charge < -0.3 is 11.1 Å². The zero-order valence-corrected chi connectivity index (χ0v) is 14.9. The predicted octanol–water partition coefficient (Wildman–Crippen LogP) is 2.45. The minimum Gasteiger partial charge on any atom is -0.366 e. The van der Waals surface area contributed by atoms with Gasteiger partial charge in [-0.1, -0.05) is 31.4 Å². The molecule has 5 heteroatoms. The lowest BCUT2D eigenvalue weighted by molar-refractivity contribution is -0.127. The number of primary amides is 1. The molecule has 0 aromatic heterocycles.